The lowest BCUT2D eigenvalue weighted by molar-refractivity contribution is -0.312. The summed E-state index contributed by atoms with van der Waals surface area (Å²) < 4.78 is 9.21. The number of rotatable bonds is 6. The molecule has 0 aromatic rings. The molecule has 1 rings (SSSR count). The van der Waals surface area contributed by atoms with E-state index in [4.69, 9.17) is 20.7 Å². The first kappa shape index (κ1) is 22.5. The van der Waals surface area contributed by atoms with E-state index in [0.717, 1.165) is 13.8 Å². The summed E-state index contributed by atoms with van der Waals surface area (Å²) >= 11 is 0. The fourth-order valence-corrected chi connectivity index (χ4v) is 2.57. The Kier molecular flexibility index (Phi) is 7.33. The molecule has 1 heterocycles. The highest BCUT2D eigenvalue weighted by atomic mass is 16.7. The van der Waals surface area contributed by atoms with Crippen molar-refractivity contribution in [3.05, 3.63) is 0 Å². The zero-order chi connectivity index (χ0) is 20.4. The number of esters is 2. The van der Waals surface area contributed by atoms with Crippen molar-refractivity contribution >= 4 is 17.7 Å². The van der Waals surface area contributed by atoms with Gasteiger partial charge in [0, 0.05) is 0 Å². The van der Waals surface area contributed by atoms with E-state index in [2.05, 4.69) is 4.74 Å². The number of aliphatic hydroxyl groups excluding tert-OH is 5. The molecule has 0 bridgehead atoms. The van der Waals surface area contributed by atoms with Crippen molar-refractivity contribution in [3.63, 3.8) is 0 Å². The first-order valence-corrected chi connectivity index (χ1v) is 7.63. The van der Waals surface area contributed by atoms with E-state index in [1.807, 2.05) is 0 Å². The summed E-state index contributed by atoms with van der Waals surface area (Å²) in [4.78, 5) is 35.4. The van der Waals surface area contributed by atoms with Gasteiger partial charge in [-0.05, 0) is 13.8 Å². The molecule has 26 heavy (non-hydrogen) atoms. The number of Topliss-reactive ketones (excluding diaryl/α,β-unsaturated/α-hetero) is 1. The van der Waals surface area contributed by atoms with Crippen molar-refractivity contribution in [2.45, 2.75) is 56.2 Å². The van der Waals surface area contributed by atoms with Crippen molar-refractivity contribution in [2.75, 3.05) is 6.61 Å². The zero-order valence-electron chi connectivity index (χ0n) is 14.1. The minimum Gasteiger partial charge on any atom is -0.394 e. The third-order valence-electron chi connectivity index (χ3n) is 4.04. The van der Waals surface area contributed by atoms with Gasteiger partial charge in [0.2, 0.25) is 0 Å². The fourth-order valence-electron chi connectivity index (χ4n) is 2.57. The Balaban J connectivity index is 3.27. The number of hydrogen-bond acceptors (Lipinski definition) is 12. The molecule has 1 aliphatic heterocycles. The van der Waals surface area contributed by atoms with E-state index in [1.54, 1.807) is 0 Å². The fraction of sp³-hybridized carbons (Fsp3) is 0.786. The minimum absolute atomic E-state index is 0.901. The van der Waals surface area contributed by atoms with Crippen LogP contribution in [0.3, 0.4) is 0 Å². The summed E-state index contributed by atoms with van der Waals surface area (Å²) in [6.07, 6.45) is -9.28. The average Bonchev–Trinajstić information content (AvgIpc) is 2.56. The summed E-state index contributed by atoms with van der Waals surface area (Å²) in [7, 11) is 0. The second-order valence-corrected chi connectivity index (χ2v) is 6.06. The van der Waals surface area contributed by atoms with Gasteiger partial charge in [-0.15, -0.1) is 0 Å². The van der Waals surface area contributed by atoms with Crippen molar-refractivity contribution in [3.8, 4) is 0 Å². The van der Waals surface area contributed by atoms with Crippen molar-refractivity contribution in [1.29, 1.82) is 0 Å². The molecular weight excluding hydrogens is 358 g/mol. The molecule has 0 amide bonds. The van der Waals surface area contributed by atoms with Crippen LogP contribution in [0.1, 0.15) is 13.8 Å². The molecule has 8 atom stereocenters. The highest BCUT2D eigenvalue weighted by molar-refractivity contribution is 5.95. The second kappa shape index (κ2) is 8.45. The maximum absolute atomic E-state index is 12.2. The number of ether oxygens (including phenoxy) is 2. The van der Waals surface area contributed by atoms with Gasteiger partial charge in [-0.25, -0.2) is 9.59 Å². The molecule has 1 saturated heterocycles. The molecule has 12 heteroatoms. The van der Waals surface area contributed by atoms with Crippen LogP contribution in [0, 0.1) is 5.92 Å². The van der Waals surface area contributed by atoms with Gasteiger partial charge in [-0.1, -0.05) is 0 Å². The number of ketones is 1. The van der Waals surface area contributed by atoms with Gasteiger partial charge in [0.15, 0.2) is 0 Å². The number of hydrogen-bond donors (Lipinski definition) is 7. The van der Waals surface area contributed by atoms with Crippen LogP contribution >= 0.6 is 0 Å². The van der Waals surface area contributed by atoms with E-state index in [1.165, 1.54) is 0 Å². The number of carbonyl (C=O) groups excluding carboxylic acids is 3. The van der Waals surface area contributed by atoms with E-state index >= 15 is 0 Å². The quantitative estimate of drug-likeness (QED) is 0.170. The van der Waals surface area contributed by atoms with Crippen LogP contribution in [0.4, 0.5) is 0 Å². The van der Waals surface area contributed by atoms with Gasteiger partial charge in [0.25, 0.3) is 5.79 Å². The standard InChI is InChI=1S/C14H23NO11/c1-4(17)7-10(21)8(15)11(9(20)6(19)3-16)26-14(7,24)13(23)25-12(22)5(2)18/h5-11,16,18-21,24H,3,15H2,1-2H3/t5?,6-,7?,8-,9-,10+,11-,14?/m1/s1. The normalized spacial score (nSPS) is 35.3. The smallest absolute Gasteiger partial charge is 0.375 e. The van der Waals surface area contributed by atoms with Gasteiger partial charge in [-0.3, -0.25) is 4.79 Å². The molecule has 0 radical (unpaired) electrons. The van der Waals surface area contributed by atoms with Crippen molar-refractivity contribution in [1.82, 2.24) is 0 Å². The lowest BCUT2D eigenvalue weighted by Crippen LogP contribution is -2.71. The third kappa shape index (κ3) is 4.24. The molecule has 0 saturated carbocycles. The predicted molar refractivity (Wildman–Crippen MR) is 79.9 cm³/mol. The molecule has 1 aliphatic rings. The van der Waals surface area contributed by atoms with Crippen LogP contribution in [-0.4, -0.2) is 97.3 Å². The average molecular weight is 381 g/mol. The van der Waals surface area contributed by atoms with Gasteiger partial charge in [-0.2, -0.15) is 0 Å². The van der Waals surface area contributed by atoms with Crippen LogP contribution in [0.2, 0.25) is 0 Å². The third-order valence-corrected chi connectivity index (χ3v) is 4.04. The topological polar surface area (TPSA) is 217 Å². The van der Waals surface area contributed by atoms with Gasteiger partial charge in [0.1, 0.15) is 36.1 Å². The van der Waals surface area contributed by atoms with Crippen LogP contribution in [0.15, 0.2) is 0 Å². The molecule has 8 N–H and O–H groups in total. The SMILES string of the molecule is CC(=O)C1[C@H](O)[C@@H](N)[C@H]([C@H](O)[C@H](O)CO)OC1(O)C(=O)OC(=O)C(C)O. The molecule has 1 fully saturated rings. The lowest BCUT2D eigenvalue weighted by atomic mass is 9.79. The highest BCUT2D eigenvalue weighted by Gasteiger charge is 2.62. The number of nitrogens with two attached hydrogens (primary N) is 1. The largest absolute Gasteiger partial charge is 0.394 e. The first-order chi connectivity index (χ1) is 11.9. The Hall–Kier alpha value is -1.51. The molecular formula is C14H23NO11. The van der Waals surface area contributed by atoms with Crippen LogP contribution in [0.5, 0.6) is 0 Å². The number of aliphatic hydroxyl groups is 6. The molecule has 0 aliphatic carbocycles. The Labute approximate surface area is 147 Å². The van der Waals surface area contributed by atoms with Gasteiger partial charge in [0.05, 0.1) is 18.8 Å². The summed E-state index contributed by atoms with van der Waals surface area (Å²) in [5, 5.41) is 58.2. The van der Waals surface area contributed by atoms with E-state index in [0.29, 0.717) is 0 Å². The first-order valence-electron chi connectivity index (χ1n) is 7.63. The van der Waals surface area contributed by atoms with E-state index in [-0.39, 0.29) is 0 Å². The molecule has 0 spiro atoms. The second-order valence-electron chi connectivity index (χ2n) is 6.06. The molecule has 150 valence electrons. The molecule has 0 aromatic carbocycles. The van der Waals surface area contributed by atoms with Gasteiger partial charge >= 0.3 is 11.9 Å². The zero-order valence-corrected chi connectivity index (χ0v) is 14.1. The van der Waals surface area contributed by atoms with E-state index in [9.17, 15) is 34.8 Å². The molecule has 12 nitrogen and oxygen atoms in total. The number of carbonyl (C=O) groups is 3. The van der Waals surface area contributed by atoms with Crippen molar-refractivity contribution < 1.29 is 54.5 Å². The maximum Gasteiger partial charge on any atom is 0.375 e. The van der Waals surface area contributed by atoms with Gasteiger partial charge < -0.3 is 45.8 Å². The monoisotopic (exact) mass is 381 g/mol. The Morgan fingerprint density at radius 2 is 1.81 bits per heavy atom. The highest BCUT2D eigenvalue weighted by Crippen LogP contribution is 2.36. The van der Waals surface area contributed by atoms with Crippen LogP contribution in [-0.2, 0) is 23.9 Å². The lowest BCUT2D eigenvalue weighted by Gasteiger charge is -2.47. The van der Waals surface area contributed by atoms with Crippen LogP contribution < -0.4 is 5.73 Å². The minimum atomic E-state index is -3.24. The van der Waals surface area contributed by atoms with E-state index < -0.39 is 72.6 Å². The summed E-state index contributed by atoms with van der Waals surface area (Å²) in [6, 6.07) is -1.55. The predicted octanol–water partition coefficient (Wildman–Crippen LogP) is -4.87. The summed E-state index contributed by atoms with van der Waals surface area (Å²) in [5.41, 5.74) is 5.66. The Morgan fingerprint density at radius 1 is 1.27 bits per heavy atom. The Bertz CT molecular complexity index is 553. The van der Waals surface area contributed by atoms with Crippen molar-refractivity contribution in [2.24, 2.45) is 11.7 Å². The summed E-state index contributed by atoms with van der Waals surface area (Å²) in [6.45, 7) is 0.931. The Morgan fingerprint density at radius 3 is 2.23 bits per heavy atom. The maximum atomic E-state index is 12.2. The molecule has 0 aromatic heterocycles. The molecule has 3 unspecified atom stereocenters. The summed E-state index contributed by atoms with van der Waals surface area (Å²) in [5.74, 6) is -9.47. The van der Waals surface area contributed by atoms with Crippen LogP contribution in [0.25, 0.3) is 0 Å².